The number of halogens is 1. The van der Waals surface area contributed by atoms with Crippen molar-refractivity contribution in [1.82, 2.24) is 14.6 Å². The second-order valence-corrected chi connectivity index (χ2v) is 10.2. The number of nitrogens with one attached hydrogen (secondary N) is 2. The molecule has 150 valence electrons. The van der Waals surface area contributed by atoms with Gasteiger partial charge in [-0.2, -0.15) is 4.31 Å². The van der Waals surface area contributed by atoms with Crippen molar-refractivity contribution in [3.63, 3.8) is 0 Å². The lowest BCUT2D eigenvalue weighted by atomic mass is 10.2. The lowest BCUT2D eigenvalue weighted by Gasteiger charge is -2.16. The molecule has 0 saturated carbocycles. The highest BCUT2D eigenvalue weighted by molar-refractivity contribution is 7.89. The largest absolute Gasteiger partial charge is 0.273 e. The summed E-state index contributed by atoms with van der Waals surface area (Å²) >= 11 is 5.73. The fourth-order valence-electron chi connectivity index (χ4n) is 2.73. The molecular weight excluding hydrogens is 426 g/mol. The predicted molar refractivity (Wildman–Crippen MR) is 104 cm³/mol. The SMILES string of the molecule is O=C(NNS(=O)(=O)c1ccc(Cl)cc1)c1cccc(S(=O)(=O)N2CCCC2)c1. The molecule has 8 nitrogen and oxygen atoms in total. The summed E-state index contributed by atoms with van der Waals surface area (Å²) in [5, 5.41) is 0.374. The second-order valence-electron chi connectivity index (χ2n) is 6.15. The third-order valence-corrected chi connectivity index (χ3v) is 7.63. The van der Waals surface area contributed by atoms with Crippen LogP contribution in [-0.4, -0.2) is 40.1 Å². The van der Waals surface area contributed by atoms with Gasteiger partial charge in [0, 0.05) is 23.7 Å². The van der Waals surface area contributed by atoms with Crippen molar-refractivity contribution in [3.8, 4) is 0 Å². The Bertz CT molecular complexity index is 1080. The number of amides is 1. The molecule has 0 aliphatic carbocycles. The molecule has 0 atom stereocenters. The zero-order valence-electron chi connectivity index (χ0n) is 14.6. The Morgan fingerprint density at radius 1 is 0.929 bits per heavy atom. The van der Waals surface area contributed by atoms with Crippen LogP contribution in [0.15, 0.2) is 58.3 Å². The van der Waals surface area contributed by atoms with Gasteiger partial charge in [0.05, 0.1) is 9.79 Å². The Morgan fingerprint density at radius 3 is 2.21 bits per heavy atom. The summed E-state index contributed by atoms with van der Waals surface area (Å²) in [6, 6.07) is 10.9. The average Bonchev–Trinajstić information content (AvgIpc) is 3.22. The predicted octanol–water partition coefficient (Wildman–Crippen LogP) is 1.75. The Morgan fingerprint density at radius 2 is 1.57 bits per heavy atom. The van der Waals surface area contributed by atoms with E-state index in [0.717, 1.165) is 12.8 Å². The Hall–Kier alpha value is -1.98. The molecule has 11 heteroatoms. The van der Waals surface area contributed by atoms with Gasteiger partial charge in [-0.3, -0.25) is 10.2 Å². The van der Waals surface area contributed by atoms with Crippen LogP contribution in [0.1, 0.15) is 23.2 Å². The second kappa shape index (κ2) is 8.18. The molecule has 0 unspecified atom stereocenters. The number of sulfonamides is 2. The number of hydrazine groups is 1. The minimum absolute atomic E-state index is 0.0115. The van der Waals surface area contributed by atoms with Crippen LogP contribution in [0.3, 0.4) is 0 Å². The van der Waals surface area contributed by atoms with Crippen molar-refractivity contribution < 1.29 is 21.6 Å². The molecule has 1 amide bonds. The normalized spacial score (nSPS) is 15.5. The van der Waals surface area contributed by atoms with Crippen LogP contribution >= 0.6 is 11.6 Å². The van der Waals surface area contributed by atoms with E-state index in [1.165, 1.54) is 52.8 Å². The maximum absolute atomic E-state index is 12.6. The van der Waals surface area contributed by atoms with E-state index in [9.17, 15) is 21.6 Å². The number of carbonyl (C=O) groups excluding carboxylic acids is 1. The number of hydrogen-bond acceptors (Lipinski definition) is 5. The van der Waals surface area contributed by atoms with Crippen molar-refractivity contribution in [2.75, 3.05) is 13.1 Å². The fraction of sp³-hybridized carbons (Fsp3) is 0.235. The van der Waals surface area contributed by atoms with Gasteiger partial charge in [0.25, 0.3) is 15.9 Å². The summed E-state index contributed by atoms with van der Waals surface area (Å²) in [6.07, 6.45) is 1.60. The fourth-order valence-corrected chi connectivity index (χ4v) is 5.26. The van der Waals surface area contributed by atoms with Gasteiger partial charge in [-0.1, -0.05) is 17.7 Å². The lowest BCUT2D eigenvalue weighted by Crippen LogP contribution is -2.41. The maximum atomic E-state index is 12.6. The van der Waals surface area contributed by atoms with E-state index in [0.29, 0.717) is 18.1 Å². The van der Waals surface area contributed by atoms with Gasteiger partial charge in [-0.15, -0.1) is 4.83 Å². The summed E-state index contributed by atoms with van der Waals surface area (Å²) in [5.41, 5.74) is 2.10. The standard InChI is InChI=1S/C17H18ClN3O5S2/c18-14-6-8-15(9-7-14)27(23,24)20-19-17(22)13-4-3-5-16(12-13)28(25,26)21-10-1-2-11-21/h3-9,12,20H,1-2,10-11H2,(H,19,22). The molecule has 1 aliphatic rings. The minimum Gasteiger partial charge on any atom is -0.273 e. The molecule has 1 saturated heterocycles. The minimum atomic E-state index is -4.00. The molecule has 1 aliphatic heterocycles. The average molecular weight is 444 g/mol. The van der Waals surface area contributed by atoms with Gasteiger partial charge in [-0.05, 0) is 55.3 Å². The first kappa shape index (κ1) is 20.7. The Labute approximate surface area is 168 Å². The number of carbonyl (C=O) groups is 1. The van der Waals surface area contributed by atoms with Gasteiger partial charge in [-0.25, -0.2) is 16.8 Å². The van der Waals surface area contributed by atoms with E-state index in [4.69, 9.17) is 11.6 Å². The summed E-state index contributed by atoms with van der Waals surface area (Å²) in [7, 11) is -7.68. The first-order valence-corrected chi connectivity index (χ1v) is 11.7. The van der Waals surface area contributed by atoms with Crippen LogP contribution in [0.5, 0.6) is 0 Å². The maximum Gasteiger partial charge on any atom is 0.266 e. The van der Waals surface area contributed by atoms with E-state index in [2.05, 4.69) is 5.43 Å². The molecule has 1 fully saturated rings. The molecule has 1 heterocycles. The Balaban J connectivity index is 1.74. The van der Waals surface area contributed by atoms with Crippen LogP contribution in [0.4, 0.5) is 0 Å². The van der Waals surface area contributed by atoms with E-state index in [-0.39, 0.29) is 15.4 Å². The van der Waals surface area contributed by atoms with Crippen LogP contribution < -0.4 is 10.3 Å². The topological polar surface area (TPSA) is 113 Å². The highest BCUT2D eigenvalue weighted by Gasteiger charge is 2.27. The molecule has 0 radical (unpaired) electrons. The Kier molecular flexibility index (Phi) is 6.06. The first-order valence-electron chi connectivity index (χ1n) is 8.38. The molecular formula is C17H18ClN3O5S2. The zero-order valence-corrected chi connectivity index (χ0v) is 17.0. The highest BCUT2D eigenvalue weighted by Crippen LogP contribution is 2.21. The molecule has 28 heavy (non-hydrogen) atoms. The summed E-state index contributed by atoms with van der Waals surface area (Å²) in [4.78, 5) is 14.2. The number of rotatable bonds is 6. The van der Waals surface area contributed by atoms with E-state index >= 15 is 0 Å². The van der Waals surface area contributed by atoms with Gasteiger partial charge in [0.15, 0.2) is 0 Å². The van der Waals surface area contributed by atoms with Crippen molar-refractivity contribution in [2.45, 2.75) is 22.6 Å². The van der Waals surface area contributed by atoms with Gasteiger partial charge in [0.2, 0.25) is 10.0 Å². The molecule has 0 bridgehead atoms. The van der Waals surface area contributed by atoms with Crippen LogP contribution in [-0.2, 0) is 20.0 Å². The molecule has 3 rings (SSSR count). The molecule has 2 aromatic rings. The molecule has 0 aromatic heterocycles. The van der Waals surface area contributed by atoms with Gasteiger partial charge < -0.3 is 0 Å². The third kappa shape index (κ3) is 4.53. The van der Waals surface area contributed by atoms with Gasteiger partial charge >= 0.3 is 0 Å². The number of nitrogens with zero attached hydrogens (tertiary/aromatic N) is 1. The van der Waals surface area contributed by atoms with E-state index in [1.54, 1.807) is 0 Å². The monoisotopic (exact) mass is 443 g/mol. The van der Waals surface area contributed by atoms with Crippen LogP contribution in [0.25, 0.3) is 0 Å². The zero-order chi connectivity index (χ0) is 20.4. The molecule has 2 N–H and O–H groups in total. The van der Waals surface area contributed by atoms with E-state index < -0.39 is 26.0 Å². The summed E-state index contributed by atoms with van der Waals surface area (Å²) < 4.78 is 51.0. The lowest BCUT2D eigenvalue weighted by molar-refractivity contribution is 0.0945. The quantitative estimate of drug-likeness (QED) is 0.660. The summed E-state index contributed by atoms with van der Waals surface area (Å²) in [5.74, 6) is -0.781. The first-order chi connectivity index (χ1) is 13.2. The number of benzene rings is 2. The van der Waals surface area contributed by atoms with Crippen LogP contribution in [0, 0.1) is 0 Å². The highest BCUT2D eigenvalue weighted by atomic mass is 35.5. The number of hydrogen-bond donors (Lipinski definition) is 2. The van der Waals surface area contributed by atoms with Crippen molar-refractivity contribution >= 4 is 37.6 Å². The van der Waals surface area contributed by atoms with Crippen molar-refractivity contribution in [1.29, 1.82) is 0 Å². The summed E-state index contributed by atoms with van der Waals surface area (Å²) in [6.45, 7) is 0.888. The van der Waals surface area contributed by atoms with E-state index in [1.807, 2.05) is 4.83 Å². The van der Waals surface area contributed by atoms with Gasteiger partial charge in [0.1, 0.15) is 0 Å². The van der Waals surface area contributed by atoms with Crippen molar-refractivity contribution in [2.24, 2.45) is 0 Å². The van der Waals surface area contributed by atoms with Crippen LogP contribution in [0.2, 0.25) is 5.02 Å². The third-order valence-electron chi connectivity index (χ3n) is 4.22. The van der Waals surface area contributed by atoms with Crippen molar-refractivity contribution in [3.05, 3.63) is 59.1 Å². The molecule has 0 spiro atoms. The molecule has 2 aromatic carbocycles. The smallest absolute Gasteiger partial charge is 0.266 e.